The van der Waals surface area contributed by atoms with Crippen molar-refractivity contribution >= 4 is 6.03 Å². The van der Waals surface area contributed by atoms with Crippen LogP contribution in [0.1, 0.15) is 55.3 Å². The lowest BCUT2D eigenvalue weighted by atomic mass is 9.89. The van der Waals surface area contributed by atoms with E-state index in [-0.39, 0.29) is 18.7 Å². The number of fused-ring (bicyclic) bond motifs is 1. The van der Waals surface area contributed by atoms with Gasteiger partial charge in [-0.1, -0.05) is 18.2 Å². The zero-order valence-corrected chi connectivity index (χ0v) is 13.3. The molecule has 1 unspecified atom stereocenters. The Kier molecular flexibility index (Phi) is 4.67. The number of aliphatic hydroxyl groups is 1. The van der Waals surface area contributed by atoms with Crippen molar-refractivity contribution in [2.24, 2.45) is 0 Å². The number of aliphatic hydroxyl groups excluding tert-OH is 1. The quantitative estimate of drug-likeness (QED) is 0.879. The molecule has 22 heavy (non-hydrogen) atoms. The first-order valence-electron chi connectivity index (χ1n) is 8.48. The van der Waals surface area contributed by atoms with Gasteiger partial charge in [0, 0.05) is 12.6 Å². The third-order valence-corrected chi connectivity index (χ3v) is 4.80. The topological polar surface area (TPSA) is 52.6 Å². The molecule has 0 spiro atoms. The highest BCUT2D eigenvalue weighted by Gasteiger charge is 2.32. The maximum absolute atomic E-state index is 12.4. The number of aryl methyl sites for hydroxylation is 2. The van der Waals surface area contributed by atoms with E-state index < -0.39 is 0 Å². The molecule has 4 nitrogen and oxygen atoms in total. The summed E-state index contributed by atoms with van der Waals surface area (Å²) in [6.45, 7) is 2.48. The number of carbonyl (C=O) groups is 1. The summed E-state index contributed by atoms with van der Waals surface area (Å²) >= 11 is 0. The Morgan fingerprint density at radius 1 is 1.32 bits per heavy atom. The third-order valence-electron chi connectivity index (χ3n) is 4.80. The monoisotopic (exact) mass is 302 g/mol. The van der Waals surface area contributed by atoms with E-state index in [0.717, 1.165) is 19.3 Å². The molecule has 0 heterocycles. The average molecular weight is 302 g/mol. The summed E-state index contributed by atoms with van der Waals surface area (Å²) in [6, 6.07) is 6.89. The molecular formula is C18H26N2O2. The number of nitrogens with one attached hydrogen (secondary N) is 1. The molecular weight excluding hydrogens is 276 g/mol. The van der Waals surface area contributed by atoms with Crippen molar-refractivity contribution in [3.8, 4) is 0 Å². The number of nitrogens with zero attached hydrogens (tertiary/aromatic N) is 1. The lowest BCUT2D eigenvalue weighted by Gasteiger charge is -2.25. The fourth-order valence-electron chi connectivity index (χ4n) is 3.32. The van der Waals surface area contributed by atoms with Crippen molar-refractivity contribution in [2.75, 3.05) is 13.2 Å². The number of rotatable bonds is 5. The zero-order valence-electron chi connectivity index (χ0n) is 13.3. The predicted molar refractivity (Wildman–Crippen MR) is 86.8 cm³/mol. The van der Waals surface area contributed by atoms with Crippen LogP contribution < -0.4 is 5.32 Å². The van der Waals surface area contributed by atoms with Crippen LogP contribution >= 0.6 is 0 Å². The van der Waals surface area contributed by atoms with Gasteiger partial charge in [-0.05, 0) is 62.1 Å². The van der Waals surface area contributed by atoms with E-state index in [1.807, 2.05) is 6.92 Å². The minimum atomic E-state index is -0.0539. The lowest BCUT2D eigenvalue weighted by Crippen LogP contribution is -2.43. The lowest BCUT2D eigenvalue weighted by molar-refractivity contribution is 0.171. The van der Waals surface area contributed by atoms with Gasteiger partial charge in [0.25, 0.3) is 0 Å². The Hall–Kier alpha value is -1.55. The summed E-state index contributed by atoms with van der Waals surface area (Å²) in [5.41, 5.74) is 4.08. The first-order chi connectivity index (χ1) is 10.7. The van der Waals surface area contributed by atoms with Gasteiger partial charge in [-0.25, -0.2) is 4.79 Å². The molecule has 2 aliphatic rings. The molecule has 2 N–H and O–H groups in total. The molecule has 0 aromatic heterocycles. The number of hydrogen-bond acceptors (Lipinski definition) is 2. The first-order valence-corrected chi connectivity index (χ1v) is 8.48. The maximum atomic E-state index is 12.4. The standard InChI is InChI=1S/C18H26N2O2/c1-13(19-18(22)20(10-11-21)17-8-9-17)15-7-6-14-4-2-3-5-16(14)12-15/h6-7,12-13,17,21H,2-5,8-11H2,1H3,(H,19,22). The summed E-state index contributed by atoms with van der Waals surface area (Å²) in [5.74, 6) is 0. The van der Waals surface area contributed by atoms with Crippen LogP contribution in [-0.2, 0) is 12.8 Å². The van der Waals surface area contributed by atoms with Crippen LogP contribution in [-0.4, -0.2) is 35.2 Å². The van der Waals surface area contributed by atoms with Crippen LogP contribution in [0.5, 0.6) is 0 Å². The van der Waals surface area contributed by atoms with E-state index in [0.29, 0.717) is 12.6 Å². The molecule has 1 atom stereocenters. The molecule has 2 aliphatic carbocycles. The minimum Gasteiger partial charge on any atom is -0.395 e. The molecule has 3 rings (SSSR count). The van der Waals surface area contributed by atoms with Gasteiger partial charge in [0.05, 0.1) is 12.6 Å². The van der Waals surface area contributed by atoms with Gasteiger partial charge >= 0.3 is 6.03 Å². The third kappa shape index (κ3) is 3.43. The summed E-state index contributed by atoms with van der Waals surface area (Å²) in [4.78, 5) is 14.2. The second-order valence-electron chi connectivity index (χ2n) is 6.55. The highest BCUT2D eigenvalue weighted by molar-refractivity contribution is 5.75. The van der Waals surface area contributed by atoms with E-state index in [4.69, 9.17) is 5.11 Å². The van der Waals surface area contributed by atoms with Crippen LogP contribution in [0.2, 0.25) is 0 Å². The van der Waals surface area contributed by atoms with Crippen molar-refractivity contribution in [1.82, 2.24) is 10.2 Å². The highest BCUT2D eigenvalue weighted by atomic mass is 16.3. The van der Waals surface area contributed by atoms with E-state index >= 15 is 0 Å². The van der Waals surface area contributed by atoms with E-state index in [2.05, 4.69) is 23.5 Å². The van der Waals surface area contributed by atoms with E-state index in [1.165, 1.54) is 36.0 Å². The predicted octanol–water partition coefficient (Wildman–Crippen LogP) is 2.79. The molecule has 2 amide bonds. The van der Waals surface area contributed by atoms with Gasteiger partial charge in [-0.2, -0.15) is 0 Å². The zero-order chi connectivity index (χ0) is 15.5. The Morgan fingerprint density at radius 3 is 2.73 bits per heavy atom. The van der Waals surface area contributed by atoms with Crippen LogP contribution in [0.4, 0.5) is 4.79 Å². The molecule has 1 fully saturated rings. The van der Waals surface area contributed by atoms with Crippen molar-refractivity contribution in [3.05, 3.63) is 34.9 Å². The summed E-state index contributed by atoms with van der Waals surface area (Å²) in [6.07, 6.45) is 7.01. The summed E-state index contributed by atoms with van der Waals surface area (Å²) < 4.78 is 0. The minimum absolute atomic E-state index is 0.000306. The van der Waals surface area contributed by atoms with Gasteiger partial charge in [-0.3, -0.25) is 0 Å². The largest absolute Gasteiger partial charge is 0.395 e. The number of hydrogen-bond donors (Lipinski definition) is 2. The molecule has 1 saturated carbocycles. The number of carbonyl (C=O) groups excluding carboxylic acids is 1. The Labute approximate surface area is 132 Å². The summed E-state index contributed by atoms with van der Waals surface area (Å²) in [5, 5.41) is 12.2. The Bertz CT molecular complexity index is 540. The van der Waals surface area contributed by atoms with Crippen LogP contribution in [0.3, 0.4) is 0 Å². The fraction of sp³-hybridized carbons (Fsp3) is 0.611. The smallest absolute Gasteiger partial charge is 0.318 e. The van der Waals surface area contributed by atoms with Gasteiger partial charge in [0.2, 0.25) is 0 Å². The average Bonchev–Trinajstić information content (AvgIpc) is 3.36. The van der Waals surface area contributed by atoms with Crippen molar-refractivity contribution in [1.29, 1.82) is 0 Å². The van der Waals surface area contributed by atoms with Crippen LogP contribution in [0.15, 0.2) is 18.2 Å². The normalized spacial score (nSPS) is 18.5. The molecule has 0 bridgehead atoms. The Morgan fingerprint density at radius 2 is 2.05 bits per heavy atom. The number of benzene rings is 1. The number of urea groups is 1. The molecule has 120 valence electrons. The molecule has 0 radical (unpaired) electrons. The van der Waals surface area contributed by atoms with E-state index in [9.17, 15) is 4.79 Å². The van der Waals surface area contributed by atoms with Crippen molar-refractivity contribution in [2.45, 2.75) is 57.5 Å². The summed E-state index contributed by atoms with van der Waals surface area (Å²) in [7, 11) is 0. The molecule has 0 saturated heterocycles. The molecule has 4 heteroatoms. The van der Waals surface area contributed by atoms with Gasteiger partial charge in [0.15, 0.2) is 0 Å². The van der Waals surface area contributed by atoms with Gasteiger partial charge in [-0.15, -0.1) is 0 Å². The molecule has 0 aliphatic heterocycles. The fourth-order valence-corrected chi connectivity index (χ4v) is 3.32. The highest BCUT2D eigenvalue weighted by Crippen LogP contribution is 2.28. The van der Waals surface area contributed by atoms with Crippen LogP contribution in [0, 0.1) is 0 Å². The Balaban J connectivity index is 1.65. The number of amides is 2. The van der Waals surface area contributed by atoms with Gasteiger partial charge in [0.1, 0.15) is 0 Å². The first kappa shape index (κ1) is 15.3. The van der Waals surface area contributed by atoms with Crippen molar-refractivity contribution in [3.63, 3.8) is 0 Å². The second-order valence-corrected chi connectivity index (χ2v) is 6.55. The maximum Gasteiger partial charge on any atom is 0.318 e. The molecule has 1 aromatic rings. The molecule has 1 aromatic carbocycles. The van der Waals surface area contributed by atoms with Crippen LogP contribution in [0.25, 0.3) is 0 Å². The second kappa shape index (κ2) is 6.69. The van der Waals surface area contributed by atoms with E-state index in [1.54, 1.807) is 4.90 Å². The van der Waals surface area contributed by atoms with Gasteiger partial charge < -0.3 is 15.3 Å². The SMILES string of the molecule is CC(NC(=O)N(CCO)C1CC1)c1ccc2c(c1)CCCC2. The van der Waals surface area contributed by atoms with Crippen molar-refractivity contribution < 1.29 is 9.90 Å².